The Morgan fingerprint density at radius 2 is 2.24 bits per heavy atom. The summed E-state index contributed by atoms with van der Waals surface area (Å²) in [6.45, 7) is 2.67. The number of thiophene rings is 1. The summed E-state index contributed by atoms with van der Waals surface area (Å²) < 4.78 is 0. The number of hydrogen-bond donors (Lipinski definition) is 1. The quantitative estimate of drug-likeness (QED) is 0.930. The van der Waals surface area contributed by atoms with Crippen LogP contribution < -0.4 is 0 Å². The van der Waals surface area contributed by atoms with E-state index in [-0.39, 0.29) is 18.1 Å². The fourth-order valence-electron chi connectivity index (χ4n) is 3.66. The van der Waals surface area contributed by atoms with Crippen LogP contribution in [0.3, 0.4) is 0 Å². The molecule has 0 bridgehead atoms. The van der Waals surface area contributed by atoms with E-state index >= 15 is 0 Å². The molecule has 1 amide bonds. The normalized spacial score (nSPS) is 23.7. The fraction of sp³-hybridized carbons (Fsp3) is 0.706. The first-order valence-electron chi connectivity index (χ1n) is 8.26. The lowest BCUT2D eigenvalue weighted by molar-refractivity contribution is 0.0612. The maximum atomic E-state index is 12.9. The largest absolute Gasteiger partial charge is 0.393 e. The number of aliphatic hydroxyl groups excluding tert-OH is 1. The summed E-state index contributed by atoms with van der Waals surface area (Å²) in [5.41, 5.74) is 1.39. The van der Waals surface area contributed by atoms with Gasteiger partial charge in [0.15, 0.2) is 0 Å². The van der Waals surface area contributed by atoms with E-state index in [2.05, 4.69) is 6.07 Å². The second-order valence-electron chi connectivity index (χ2n) is 6.50. The molecular formula is C17H25NO2S. The Bertz CT molecular complexity index is 487. The first kappa shape index (κ1) is 15.0. The highest BCUT2D eigenvalue weighted by molar-refractivity contribution is 7.14. The van der Waals surface area contributed by atoms with Crippen molar-refractivity contribution in [3.8, 4) is 0 Å². The summed E-state index contributed by atoms with van der Waals surface area (Å²) in [7, 11) is 0. The molecule has 4 heteroatoms. The van der Waals surface area contributed by atoms with Gasteiger partial charge in [-0.3, -0.25) is 4.79 Å². The molecular weight excluding hydrogens is 282 g/mol. The van der Waals surface area contributed by atoms with Crippen molar-refractivity contribution in [1.82, 2.24) is 4.90 Å². The monoisotopic (exact) mass is 307 g/mol. The number of amides is 1. The average molecular weight is 307 g/mol. The molecule has 2 atom stereocenters. The third-order valence-electron chi connectivity index (χ3n) is 4.71. The molecule has 2 aliphatic rings. The number of nitrogens with zero attached hydrogens (tertiary/aromatic N) is 1. The zero-order valence-electron chi connectivity index (χ0n) is 12.8. The molecule has 1 aromatic rings. The van der Waals surface area contributed by atoms with Crippen molar-refractivity contribution in [2.24, 2.45) is 0 Å². The number of fused-ring (bicyclic) bond motifs is 1. The van der Waals surface area contributed by atoms with E-state index in [1.807, 2.05) is 11.8 Å². The van der Waals surface area contributed by atoms with Crippen LogP contribution >= 0.6 is 11.3 Å². The minimum atomic E-state index is -0.336. The topological polar surface area (TPSA) is 40.5 Å². The number of rotatable bonds is 3. The first-order valence-corrected chi connectivity index (χ1v) is 9.07. The smallest absolute Gasteiger partial charge is 0.264 e. The molecule has 2 unspecified atom stereocenters. The molecule has 0 aromatic carbocycles. The van der Waals surface area contributed by atoms with E-state index in [0.29, 0.717) is 6.42 Å². The Morgan fingerprint density at radius 3 is 3.00 bits per heavy atom. The number of aryl methyl sites for hydroxylation is 2. The second kappa shape index (κ2) is 6.49. The summed E-state index contributed by atoms with van der Waals surface area (Å²) >= 11 is 1.70. The Balaban J connectivity index is 1.78. The molecule has 2 heterocycles. The minimum Gasteiger partial charge on any atom is -0.393 e. The van der Waals surface area contributed by atoms with Gasteiger partial charge in [-0.05, 0) is 57.1 Å². The highest BCUT2D eigenvalue weighted by atomic mass is 32.1. The molecule has 1 saturated heterocycles. The Kier molecular flexibility index (Phi) is 4.65. The van der Waals surface area contributed by atoms with Crippen LogP contribution in [0.4, 0.5) is 0 Å². The van der Waals surface area contributed by atoms with Gasteiger partial charge in [-0.1, -0.05) is 12.8 Å². The Hall–Kier alpha value is -0.870. The molecule has 1 aliphatic heterocycles. The van der Waals surface area contributed by atoms with E-state index in [9.17, 15) is 9.90 Å². The van der Waals surface area contributed by atoms with Crippen molar-refractivity contribution in [3.05, 3.63) is 21.4 Å². The third kappa shape index (κ3) is 3.32. The van der Waals surface area contributed by atoms with Crippen LogP contribution in [0.25, 0.3) is 0 Å². The van der Waals surface area contributed by atoms with Gasteiger partial charge < -0.3 is 10.0 Å². The number of hydrogen-bond acceptors (Lipinski definition) is 3. The molecule has 3 nitrogen and oxygen atoms in total. The van der Waals surface area contributed by atoms with Gasteiger partial charge in [0.25, 0.3) is 5.91 Å². The van der Waals surface area contributed by atoms with Crippen LogP contribution in [0.15, 0.2) is 6.07 Å². The predicted octanol–water partition coefficient (Wildman–Crippen LogP) is 3.39. The van der Waals surface area contributed by atoms with Gasteiger partial charge in [0.2, 0.25) is 0 Å². The molecule has 116 valence electrons. The van der Waals surface area contributed by atoms with Gasteiger partial charge in [-0.2, -0.15) is 0 Å². The highest BCUT2D eigenvalue weighted by Crippen LogP contribution is 2.32. The number of carbonyl (C=O) groups is 1. The van der Waals surface area contributed by atoms with E-state index in [1.165, 1.54) is 29.7 Å². The maximum absolute atomic E-state index is 12.9. The second-order valence-corrected chi connectivity index (χ2v) is 7.64. The third-order valence-corrected chi connectivity index (χ3v) is 5.93. The number of likely N-dealkylation sites (tertiary alicyclic amines) is 1. The van der Waals surface area contributed by atoms with Gasteiger partial charge in [-0.25, -0.2) is 0 Å². The summed E-state index contributed by atoms with van der Waals surface area (Å²) in [6.07, 6.45) is 8.37. The molecule has 1 aliphatic carbocycles. The van der Waals surface area contributed by atoms with Crippen molar-refractivity contribution in [2.45, 2.75) is 70.4 Å². The van der Waals surface area contributed by atoms with Crippen LogP contribution in [-0.2, 0) is 12.8 Å². The first-order chi connectivity index (χ1) is 10.1. The molecule has 1 fully saturated rings. The van der Waals surface area contributed by atoms with Crippen LogP contribution in [0, 0.1) is 0 Å². The summed E-state index contributed by atoms with van der Waals surface area (Å²) in [6, 6.07) is 2.33. The van der Waals surface area contributed by atoms with E-state index in [1.54, 1.807) is 11.3 Å². The zero-order valence-corrected chi connectivity index (χ0v) is 13.6. The lowest BCUT2D eigenvalue weighted by Gasteiger charge is -2.30. The maximum Gasteiger partial charge on any atom is 0.264 e. The Labute approximate surface area is 131 Å². The zero-order chi connectivity index (χ0) is 14.8. The molecule has 0 radical (unpaired) electrons. The summed E-state index contributed by atoms with van der Waals surface area (Å²) in [5.74, 6) is 0.196. The fourth-order valence-corrected chi connectivity index (χ4v) is 4.87. The molecule has 1 N–H and O–H groups in total. The lowest BCUT2D eigenvalue weighted by atomic mass is 10.0. The van der Waals surface area contributed by atoms with Crippen LogP contribution in [0.5, 0.6) is 0 Å². The molecule has 1 aromatic heterocycles. The van der Waals surface area contributed by atoms with Crippen molar-refractivity contribution < 1.29 is 9.90 Å². The van der Waals surface area contributed by atoms with Crippen LogP contribution in [-0.4, -0.2) is 34.6 Å². The van der Waals surface area contributed by atoms with Crippen molar-refractivity contribution in [3.63, 3.8) is 0 Å². The van der Waals surface area contributed by atoms with Gasteiger partial charge in [0.1, 0.15) is 0 Å². The SMILES string of the molecule is CC(O)CC1CCCCCN1C(=O)c1cc2c(s1)CCC2. The molecule has 0 spiro atoms. The number of aliphatic hydroxyl groups is 1. The van der Waals surface area contributed by atoms with E-state index in [0.717, 1.165) is 37.1 Å². The lowest BCUT2D eigenvalue weighted by Crippen LogP contribution is -2.41. The van der Waals surface area contributed by atoms with Crippen molar-refractivity contribution in [1.29, 1.82) is 0 Å². The summed E-state index contributed by atoms with van der Waals surface area (Å²) in [5, 5.41) is 9.73. The highest BCUT2D eigenvalue weighted by Gasteiger charge is 2.29. The minimum absolute atomic E-state index is 0.196. The Morgan fingerprint density at radius 1 is 1.38 bits per heavy atom. The average Bonchev–Trinajstić information content (AvgIpc) is 2.94. The molecule has 21 heavy (non-hydrogen) atoms. The standard InChI is InChI=1S/C17H25NO2S/c1-12(19)10-14-7-3-2-4-9-18(14)17(20)16-11-13-6-5-8-15(13)21-16/h11-12,14,19H,2-10H2,1H3. The van der Waals surface area contributed by atoms with Gasteiger partial charge in [0, 0.05) is 17.5 Å². The van der Waals surface area contributed by atoms with Crippen molar-refractivity contribution in [2.75, 3.05) is 6.54 Å². The van der Waals surface area contributed by atoms with Gasteiger partial charge in [0.05, 0.1) is 11.0 Å². The van der Waals surface area contributed by atoms with Crippen LogP contribution in [0.1, 0.15) is 65.6 Å². The number of carbonyl (C=O) groups excluding carboxylic acids is 1. The van der Waals surface area contributed by atoms with Crippen LogP contribution in [0.2, 0.25) is 0 Å². The van der Waals surface area contributed by atoms with E-state index < -0.39 is 0 Å². The molecule has 3 rings (SSSR count). The van der Waals surface area contributed by atoms with Crippen molar-refractivity contribution >= 4 is 17.2 Å². The van der Waals surface area contributed by atoms with Gasteiger partial charge >= 0.3 is 0 Å². The van der Waals surface area contributed by atoms with E-state index in [4.69, 9.17) is 0 Å². The molecule has 0 saturated carbocycles. The van der Waals surface area contributed by atoms with Gasteiger partial charge in [-0.15, -0.1) is 11.3 Å². The summed E-state index contributed by atoms with van der Waals surface area (Å²) in [4.78, 5) is 17.3. The predicted molar refractivity (Wildman–Crippen MR) is 85.9 cm³/mol.